The molecule has 0 aliphatic rings. The third-order valence-corrected chi connectivity index (χ3v) is 3.49. The summed E-state index contributed by atoms with van der Waals surface area (Å²) in [5.74, 6) is -1.65. The number of hydrogen-bond donors (Lipinski definition) is 3. The summed E-state index contributed by atoms with van der Waals surface area (Å²) in [5.41, 5.74) is -0.825. The van der Waals surface area contributed by atoms with Crippen LogP contribution in [0.2, 0.25) is 0 Å². The van der Waals surface area contributed by atoms with E-state index in [1.54, 1.807) is 24.3 Å². The number of carboxylic acid groups (broad SMARTS) is 1. The molecular formula is C15H17N3O6. The van der Waals surface area contributed by atoms with Crippen LogP contribution in [0.3, 0.4) is 0 Å². The van der Waals surface area contributed by atoms with Crippen molar-refractivity contribution in [3.05, 3.63) is 45.0 Å². The molecule has 128 valence electrons. The summed E-state index contributed by atoms with van der Waals surface area (Å²) in [6.07, 6.45) is -1.23. The number of aryl methyl sites for hydroxylation is 1. The summed E-state index contributed by atoms with van der Waals surface area (Å²) in [6, 6.07) is 6.39. The monoisotopic (exact) mass is 335 g/mol. The van der Waals surface area contributed by atoms with Crippen LogP contribution in [0.1, 0.15) is 6.42 Å². The fourth-order valence-corrected chi connectivity index (χ4v) is 2.18. The molecule has 1 atom stereocenters. The number of benzene rings is 1. The lowest BCUT2D eigenvalue weighted by molar-refractivity contribution is -0.148. The van der Waals surface area contributed by atoms with Crippen LogP contribution in [0.15, 0.2) is 33.9 Å². The number of aromatic nitrogens is 2. The highest BCUT2D eigenvalue weighted by molar-refractivity contribution is 5.80. The van der Waals surface area contributed by atoms with E-state index in [9.17, 15) is 19.2 Å². The normalized spacial score (nSPS) is 12.0. The molecule has 0 aliphatic heterocycles. The standard InChI is InChI=1S/C15H17N3O6/c1-24-11(15(22)23)8-16-12(19)6-7-18-14(21)10-5-3-2-4-9(10)13(20)17-18/h2-5,11H,6-8H2,1H3,(H,16,19)(H,17,20)(H,22,23). The number of nitrogens with one attached hydrogen (secondary N) is 2. The molecule has 1 unspecified atom stereocenters. The van der Waals surface area contributed by atoms with E-state index in [4.69, 9.17) is 9.84 Å². The molecule has 2 aromatic rings. The Hall–Kier alpha value is -2.94. The van der Waals surface area contributed by atoms with E-state index >= 15 is 0 Å². The number of aliphatic carboxylic acids is 1. The van der Waals surface area contributed by atoms with Gasteiger partial charge in [0, 0.05) is 13.5 Å². The number of amides is 1. The summed E-state index contributed by atoms with van der Waals surface area (Å²) >= 11 is 0. The summed E-state index contributed by atoms with van der Waals surface area (Å²) in [7, 11) is 1.23. The van der Waals surface area contributed by atoms with E-state index in [0.29, 0.717) is 0 Å². The van der Waals surface area contributed by atoms with Gasteiger partial charge in [0.15, 0.2) is 6.10 Å². The van der Waals surface area contributed by atoms with Gasteiger partial charge in [0.2, 0.25) is 5.91 Å². The van der Waals surface area contributed by atoms with Gasteiger partial charge in [-0.3, -0.25) is 19.5 Å². The van der Waals surface area contributed by atoms with Gasteiger partial charge in [-0.2, -0.15) is 0 Å². The number of carboxylic acids is 1. The maximum absolute atomic E-state index is 12.3. The van der Waals surface area contributed by atoms with Crippen LogP contribution >= 0.6 is 0 Å². The SMILES string of the molecule is COC(CNC(=O)CCn1[nH]c(=O)c2ccccc2c1=O)C(=O)O. The Kier molecular flexibility index (Phi) is 5.48. The van der Waals surface area contributed by atoms with Crippen LogP contribution in [-0.2, 0) is 20.9 Å². The van der Waals surface area contributed by atoms with E-state index in [-0.39, 0.29) is 30.3 Å². The molecule has 1 heterocycles. The van der Waals surface area contributed by atoms with Gasteiger partial charge >= 0.3 is 5.97 Å². The van der Waals surface area contributed by atoms with Crippen molar-refractivity contribution in [2.75, 3.05) is 13.7 Å². The number of carbonyl (C=O) groups excluding carboxylic acids is 1. The van der Waals surface area contributed by atoms with Crippen LogP contribution in [0.25, 0.3) is 10.8 Å². The molecule has 0 radical (unpaired) electrons. The number of nitrogens with zero attached hydrogens (tertiary/aromatic N) is 1. The van der Waals surface area contributed by atoms with E-state index in [1.165, 1.54) is 7.11 Å². The Morgan fingerprint density at radius 2 is 1.96 bits per heavy atom. The van der Waals surface area contributed by atoms with Crippen molar-refractivity contribution in [1.29, 1.82) is 0 Å². The highest BCUT2D eigenvalue weighted by Crippen LogP contribution is 2.02. The van der Waals surface area contributed by atoms with Crippen LogP contribution in [-0.4, -0.2) is 46.5 Å². The van der Waals surface area contributed by atoms with Gasteiger partial charge in [-0.25, -0.2) is 9.48 Å². The smallest absolute Gasteiger partial charge is 0.334 e. The van der Waals surface area contributed by atoms with E-state index in [0.717, 1.165) is 4.68 Å². The molecule has 0 bridgehead atoms. The number of fused-ring (bicyclic) bond motifs is 1. The first-order chi connectivity index (χ1) is 11.4. The number of H-pyrrole nitrogens is 1. The minimum atomic E-state index is -1.19. The molecule has 9 nitrogen and oxygen atoms in total. The highest BCUT2D eigenvalue weighted by Gasteiger charge is 2.17. The Bertz CT molecular complexity index is 869. The van der Waals surface area contributed by atoms with E-state index in [1.807, 2.05) is 0 Å². The first-order valence-corrected chi connectivity index (χ1v) is 7.18. The molecule has 1 aromatic heterocycles. The van der Waals surface area contributed by atoms with E-state index in [2.05, 4.69) is 10.4 Å². The summed E-state index contributed by atoms with van der Waals surface area (Å²) in [5, 5.41) is 14.2. The minimum absolute atomic E-state index is 0.0323. The molecule has 9 heteroatoms. The van der Waals surface area contributed by atoms with E-state index < -0.39 is 29.1 Å². The molecule has 0 fully saturated rings. The first kappa shape index (κ1) is 17.4. The first-order valence-electron chi connectivity index (χ1n) is 7.18. The number of methoxy groups -OCH3 is 1. The molecular weight excluding hydrogens is 318 g/mol. The lowest BCUT2D eigenvalue weighted by Gasteiger charge is -2.12. The van der Waals surface area contributed by atoms with Gasteiger partial charge in [-0.05, 0) is 12.1 Å². The second-order valence-corrected chi connectivity index (χ2v) is 5.06. The molecule has 0 spiro atoms. The molecule has 0 saturated carbocycles. The van der Waals surface area contributed by atoms with Crippen molar-refractivity contribution in [2.45, 2.75) is 19.1 Å². The lowest BCUT2D eigenvalue weighted by Crippen LogP contribution is -2.38. The Morgan fingerprint density at radius 1 is 1.29 bits per heavy atom. The quantitative estimate of drug-likeness (QED) is 0.613. The van der Waals surface area contributed by atoms with Gasteiger partial charge in [-0.15, -0.1) is 0 Å². The molecule has 1 amide bonds. The predicted octanol–water partition coefficient (Wildman–Crippen LogP) is -0.704. The third kappa shape index (κ3) is 3.87. The number of hydrogen-bond acceptors (Lipinski definition) is 5. The average molecular weight is 335 g/mol. The van der Waals surface area contributed by atoms with Crippen LogP contribution in [0.5, 0.6) is 0 Å². The number of rotatable bonds is 7. The summed E-state index contributed by atoms with van der Waals surface area (Å²) in [4.78, 5) is 46.7. The van der Waals surface area contributed by atoms with Crippen molar-refractivity contribution in [2.24, 2.45) is 0 Å². The maximum Gasteiger partial charge on any atom is 0.334 e. The Labute approximate surface area is 135 Å². The van der Waals surface area contributed by atoms with Crippen molar-refractivity contribution >= 4 is 22.6 Å². The number of ether oxygens (including phenoxy) is 1. The predicted molar refractivity (Wildman–Crippen MR) is 84.9 cm³/mol. The van der Waals surface area contributed by atoms with Gasteiger partial charge in [-0.1, -0.05) is 12.1 Å². The van der Waals surface area contributed by atoms with Crippen molar-refractivity contribution in [3.63, 3.8) is 0 Å². The second-order valence-electron chi connectivity index (χ2n) is 5.06. The molecule has 0 saturated heterocycles. The third-order valence-electron chi connectivity index (χ3n) is 3.49. The highest BCUT2D eigenvalue weighted by atomic mass is 16.5. The minimum Gasteiger partial charge on any atom is -0.479 e. The number of carbonyl (C=O) groups is 2. The van der Waals surface area contributed by atoms with Crippen LogP contribution in [0, 0.1) is 0 Å². The number of aromatic amines is 1. The topological polar surface area (TPSA) is 130 Å². The van der Waals surface area contributed by atoms with Gasteiger partial charge in [0.05, 0.1) is 23.9 Å². The molecule has 0 aliphatic carbocycles. The maximum atomic E-state index is 12.3. The fourth-order valence-electron chi connectivity index (χ4n) is 2.18. The zero-order valence-electron chi connectivity index (χ0n) is 12.9. The van der Waals surface area contributed by atoms with Crippen LogP contribution in [0.4, 0.5) is 0 Å². The summed E-state index contributed by atoms with van der Waals surface area (Å²) in [6.45, 7) is -0.219. The van der Waals surface area contributed by atoms with Gasteiger partial charge < -0.3 is 15.2 Å². The second kappa shape index (κ2) is 7.55. The van der Waals surface area contributed by atoms with Gasteiger partial charge in [0.1, 0.15) is 0 Å². The Balaban J connectivity index is 2.05. The Morgan fingerprint density at radius 3 is 2.58 bits per heavy atom. The summed E-state index contributed by atoms with van der Waals surface area (Å²) < 4.78 is 5.76. The van der Waals surface area contributed by atoms with Crippen molar-refractivity contribution in [1.82, 2.24) is 15.1 Å². The van der Waals surface area contributed by atoms with Crippen molar-refractivity contribution < 1.29 is 19.4 Å². The zero-order valence-corrected chi connectivity index (χ0v) is 12.9. The zero-order chi connectivity index (χ0) is 17.7. The average Bonchev–Trinajstić information content (AvgIpc) is 2.57. The lowest BCUT2D eigenvalue weighted by atomic mass is 10.2. The van der Waals surface area contributed by atoms with Crippen LogP contribution < -0.4 is 16.4 Å². The molecule has 1 aromatic carbocycles. The largest absolute Gasteiger partial charge is 0.479 e. The molecule has 2 rings (SSSR count). The fraction of sp³-hybridized carbons (Fsp3) is 0.333. The molecule has 3 N–H and O–H groups in total. The van der Waals surface area contributed by atoms with Gasteiger partial charge in [0.25, 0.3) is 11.1 Å². The molecule has 24 heavy (non-hydrogen) atoms. The van der Waals surface area contributed by atoms with Crippen molar-refractivity contribution in [3.8, 4) is 0 Å².